The molecular weight excluding hydrogens is 296 g/mol. The maximum absolute atomic E-state index is 10.9. The molecule has 0 saturated carbocycles. The van der Waals surface area contributed by atoms with Gasteiger partial charge in [0.2, 0.25) is 5.13 Å². The Kier molecular flexibility index (Phi) is 4.00. The van der Waals surface area contributed by atoms with Crippen LogP contribution in [0.3, 0.4) is 0 Å². The van der Waals surface area contributed by atoms with Gasteiger partial charge in [-0.1, -0.05) is 40.8 Å². The van der Waals surface area contributed by atoms with Gasteiger partial charge in [0.05, 0.1) is 15.5 Å². The molecular formula is C9H7ClN4O2S2. The highest BCUT2D eigenvalue weighted by atomic mass is 35.5. The summed E-state index contributed by atoms with van der Waals surface area (Å²) in [5, 5.41) is 19.1. The second-order valence-electron chi connectivity index (χ2n) is 3.19. The summed E-state index contributed by atoms with van der Waals surface area (Å²) in [6.45, 7) is 0. The van der Waals surface area contributed by atoms with Gasteiger partial charge in [0.25, 0.3) is 5.69 Å². The minimum Gasteiger partial charge on any atom is -0.374 e. The summed E-state index contributed by atoms with van der Waals surface area (Å²) in [4.78, 5) is 10.4. The minimum absolute atomic E-state index is 0.00693. The molecule has 0 atom stereocenters. The van der Waals surface area contributed by atoms with Crippen molar-refractivity contribution in [2.45, 2.75) is 10.1 Å². The van der Waals surface area contributed by atoms with Crippen molar-refractivity contribution in [3.63, 3.8) is 0 Å². The standard InChI is InChI=1S/C9H7ClN4O2S2/c10-6-2-1-3-7(14(15)16)5(6)4-17-9-13-12-8(11)18-9/h1-3H,4H2,(H2,11,12). The number of rotatable bonds is 4. The van der Waals surface area contributed by atoms with E-state index in [0.717, 1.165) is 0 Å². The molecule has 0 saturated heterocycles. The first-order valence-corrected chi connectivity index (χ1v) is 6.89. The number of nitrogens with two attached hydrogens (primary N) is 1. The summed E-state index contributed by atoms with van der Waals surface area (Å²) >= 11 is 8.52. The zero-order chi connectivity index (χ0) is 13.1. The van der Waals surface area contributed by atoms with E-state index >= 15 is 0 Å². The van der Waals surface area contributed by atoms with Crippen LogP contribution in [0.2, 0.25) is 5.02 Å². The maximum Gasteiger partial charge on any atom is 0.274 e. The van der Waals surface area contributed by atoms with Gasteiger partial charge < -0.3 is 5.73 Å². The summed E-state index contributed by atoms with van der Waals surface area (Å²) < 4.78 is 0.654. The van der Waals surface area contributed by atoms with E-state index in [1.807, 2.05) is 0 Å². The molecule has 0 bridgehead atoms. The Morgan fingerprint density at radius 3 is 2.89 bits per heavy atom. The van der Waals surface area contributed by atoms with Crippen LogP contribution in [0.15, 0.2) is 22.5 Å². The first-order valence-electron chi connectivity index (χ1n) is 4.71. The second-order valence-corrected chi connectivity index (χ2v) is 5.83. The SMILES string of the molecule is Nc1nnc(SCc2c(Cl)cccc2[N+](=O)[O-])s1. The average Bonchev–Trinajstić information content (AvgIpc) is 2.73. The number of nitro groups is 1. The monoisotopic (exact) mass is 302 g/mol. The van der Waals surface area contributed by atoms with E-state index in [2.05, 4.69) is 10.2 Å². The molecule has 0 fully saturated rings. The van der Waals surface area contributed by atoms with E-state index in [1.54, 1.807) is 12.1 Å². The number of nitro benzene ring substituents is 1. The average molecular weight is 303 g/mol. The summed E-state index contributed by atoms with van der Waals surface area (Å²) in [5.41, 5.74) is 5.93. The first kappa shape index (κ1) is 13.1. The third-order valence-corrected chi connectivity index (χ3v) is 4.32. The van der Waals surface area contributed by atoms with Gasteiger partial charge in [-0.05, 0) is 6.07 Å². The minimum atomic E-state index is -0.448. The normalized spacial score (nSPS) is 10.5. The van der Waals surface area contributed by atoms with E-state index in [9.17, 15) is 10.1 Å². The van der Waals surface area contributed by atoms with Gasteiger partial charge in [-0.15, -0.1) is 10.2 Å². The number of thioether (sulfide) groups is 1. The number of nitrogen functional groups attached to an aromatic ring is 1. The largest absolute Gasteiger partial charge is 0.374 e. The molecule has 2 N–H and O–H groups in total. The molecule has 1 heterocycles. The molecule has 0 aliphatic heterocycles. The summed E-state index contributed by atoms with van der Waals surface area (Å²) in [7, 11) is 0. The van der Waals surface area contributed by atoms with Gasteiger partial charge >= 0.3 is 0 Å². The van der Waals surface area contributed by atoms with Crippen molar-refractivity contribution < 1.29 is 4.92 Å². The lowest BCUT2D eigenvalue weighted by Gasteiger charge is -2.03. The third-order valence-electron chi connectivity index (χ3n) is 2.05. The number of halogens is 1. The van der Waals surface area contributed by atoms with E-state index in [-0.39, 0.29) is 5.69 Å². The van der Waals surface area contributed by atoms with Crippen molar-refractivity contribution >= 4 is 45.5 Å². The lowest BCUT2D eigenvalue weighted by molar-refractivity contribution is -0.385. The molecule has 0 amide bonds. The van der Waals surface area contributed by atoms with Crippen LogP contribution in [0.5, 0.6) is 0 Å². The number of hydrogen-bond acceptors (Lipinski definition) is 7. The smallest absolute Gasteiger partial charge is 0.274 e. The van der Waals surface area contributed by atoms with Crippen LogP contribution in [-0.2, 0) is 5.75 Å². The molecule has 0 aliphatic carbocycles. The molecule has 94 valence electrons. The summed E-state index contributed by atoms with van der Waals surface area (Å²) in [6.07, 6.45) is 0. The summed E-state index contributed by atoms with van der Waals surface area (Å²) in [5.74, 6) is 0.352. The van der Waals surface area contributed by atoms with Crippen molar-refractivity contribution in [2.24, 2.45) is 0 Å². The van der Waals surface area contributed by atoms with Gasteiger partial charge in [0.1, 0.15) is 0 Å². The molecule has 9 heteroatoms. The highest BCUT2D eigenvalue weighted by Gasteiger charge is 2.17. The van der Waals surface area contributed by atoms with Gasteiger partial charge in [0, 0.05) is 11.8 Å². The Labute approximate surface area is 115 Å². The predicted octanol–water partition coefficient (Wildman–Crippen LogP) is 2.97. The lowest BCUT2D eigenvalue weighted by atomic mass is 10.2. The van der Waals surface area contributed by atoms with Crippen LogP contribution in [0.1, 0.15) is 5.56 Å². The second kappa shape index (κ2) is 5.51. The van der Waals surface area contributed by atoms with Gasteiger partial charge in [0.15, 0.2) is 4.34 Å². The lowest BCUT2D eigenvalue weighted by Crippen LogP contribution is -1.94. The molecule has 0 spiro atoms. The number of nitrogens with zero attached hydrogens (tertiary/aromatic N) is 3. The highest BCUT2D eigenvalue weighted by Crippen LogP contribution is 2.34. The fourth-order valence-corrected chi connectivity index (χ4v) is 3.27. The Hall–Kier alpha value is -1.38. The zero-order valence-corrected chi connectivity index (χ0v) is 11.3. The molecule has 1 aromatic heterocycles. The maximum atomic E-state index is 10.9. The Morgan fingerprint density at radius 2 is 2.28 bits per heavy atom. The van der Waals surface area contributed by atoms with Gasteiger partial charge in [-0.2, -0.15) is 0 Å². The molecule has 1 aromatic carbocycles. The Balaban J connectivity index is 2.20. The van der Waals surface area contributed by atoms with E-state index in [4.69, 9.17) is 17.3 Å². The van der Waals surface area contributed by atoms with E-state index < -0.39 is 4.92 Å². The molecule has 0 aliphatic rings. The van der Waals surface area contributed by atoms with Crippen LogP contribution < -0.4 is 5.73 Å². The van der Waals surface area contributed by atoms with Crippen LogP contribution in [-0.4, -0.2) is 15.1 Å². The quantitative estimate of drug-likeness (QED) is 0.530. The Bertz CT molecular complexity index is 590. The van der Waals surface area contributed by atoms with E-state index in [1.165, 1.54) is 29.2 Å². The topological polar surface area (TPSA) is 94.9 Å². The molecule has 0 radical (unpaired) electrons. The number of hydrogen-bond donors (Lipinski definition) is 1. The third kappa shape index (κ3) is 2.89. The van der Waals surface area contributed by atoms with Crippen LogP contribution in [0.4, 0.5) is 10.8 Å². The number of aromatic nitrogens is 2. The molecule has 6 nitrogen and oxygen atoms in total. The molecule has 2 rings (SSSR count). The van der Waals surface area contributed by atoms with Crippen LogP contribution >= 0.6 is 34.7 Å². The van der Waals surface area contributed by atoms with Gasteiger partial charge in [-0.25, -0.2) is 0 Å². The van der Waals surface area contributed by atoms with Crippen LogP contribution in [0.25, 0.3) is 0 Å². The fraction of sp³-hybridized carbons (Fsp3) is 0.111. The van der Waals surface area contributed by atoms with Crippen LogP contribution in [0, 0.1) is 10.1 Å². The zero-order valence-electron chi connectivity index (χ0n) is 8.87. The van der Waals surface area contributed by atoms with Crippen molar-refractivity contribution in [1.82, 2.24) is 10.2 Å². The Morgan fingerprint density at radius 1 is 1.50 bits per heavy atom. The van der Waals surface area contributed by atoms with Crippen molar-refractivity contribution in [2.75, 3.05) is 5.73 Å². The summed E-state index contributed by atoms with van der Waals surface area (Å²) in [6, 6.07) is 4.60. The molecule has 2 aromatic rings. The van der Waals surface area contributed by atoms with Gasteiger partial charge in [-0.3, -0.25) is 10.1 Å². The van der Waals surface area contributed by atoms with E-state index in [0.29, 0.717) is 25.8 Å². The van der Waals surface area contributed by atoms with Crippen molar-refractivity contribution in [3.8, 4) is 0 Å². The highest BCUT2D eigenvalue weighted by molar-refractivity contribution is 8.00. The molecule has 18 heavy (non-hydrogen) atoms. The fourth-order valence-electron chi connectivity index (χ4n) is 1.27. The molecule has 0 unspecified atom stereocenters. The number of benzene rings is 1. The number of anilines is 1. The predicted molar refractivity (Wildman–Crippen MR) is 72.0 cm³/mol. The first-order chi connectivity index (χ1) is 8.58. The van der Waals surface area contributed by atoms with Crippen molar-refractivity contribution in [3.05, 3.63) is 38.9 Å². The van der Waals surface area contributed by atoms with Crippen molar-refractivity contribution in [1.29, 1.82) is 0 Å².